The second-order valence-electron chi connectivity index (χ2n) is 6.35. The van der Waals surface area contributed by atoms with Crippen molar-refractivity contribution in [3.8, 4) is 0 Å². The molecular formula is C14H18O2. The lowest BCUT2D eigenvalue weighted by Crippen LogP contribution is -2.16. The number of carbonyl (C=O) groups excluding carboxylic acids is 2. The molecule has 0 N–H and O–H groups in total. The molecule has 0 spiro atoms. The van der Waals surface area contributed by atoms with E-state index in [0.717, 1.165) is 50.4 Å². The molecule has 0 aromatic rings. The number of Topliss-reactive ketones (excluding diaryl/α,β-unsaturated/α-hetero) is 2. The zero-order valence-corrected chi connectivity index (χ0v) is 9.52. The lowest BCUT2D eigenvalue weighted by atomic mass is 9.87. The molecule has 0 amide bonds. The molecule has 4 aliphatic carbocycles. The molecule has 4 rings (SSSR count). The van der Waals surface area contributed by atoms with Crippen molar-refractivity contribution in [3.05, 3.63) is 0 Å². The van der Waals surface area contributed by atoms with E-state index in [4.69, 9.17) is 0 Å². The average molecular weight is 218 g/mol. The fourth-order valence-electron chi connectivity index (χ4n) is 5.43. The third-order valence-electron chi connectivity index (χ3n) is 6.01. The third kappa shape index (κ3) is 0.988. The van der Waals surface area contributed by atoms with Crippen molar-refractivity contribution in [1.29, 1.82) is 0 Å². The molecule has 0 bridgehead atoms. The number of fused-ring (bicyclic) bond motifs is 5. The lowest BCUT2D eigenvalue weighted by Gasteiger charge is -2.18. The highest BCUT2D eigenvalue weighted by Gasteiger charge is 2.59. The highest BCUT2D eigenvalue weighted by atomic mass is 16.1. The molecule has 86 valence electrons. The van der Waals surface area contributed by atoms with Gasteiger partial charge >= 0.3 is 0 Å². The molecule has 2 heteroatoms. The minimum Gasteiger partial charge on any atom is -0.299 e. The van der Waals surface area contributed by atoms with Crippen LogP contribution < -0.4 is 0 Å². The van der Waals surface area contributed by atoms with Crippen molar-refractivity contribution in [3.63, 3.8) is 0 Å². The lowest BCUT2D eigenvalue weighted by molar-refractivity contribution is -0.121. The van der Waals surface area contributed by atoms with E-state index in [1.807, 2.05) is 0 Å². The standard InChI is InChI=1S/C14H18O2/c15-13-3-1-7-9-5-12-8(2-4-14(12)16)10(9)6-11(7)13/h7-12H,1-6H2/t7?,8?,9-,10-,11?,12?/m1/s1. The SMILES string of the molecule is O=C1CCC2C1C[C@@H]1C3CCC(=O)C3C[C@H]21. The van der Waals surface area contributed by atoms with Crippen LogP contribution in [0.4, 0.5) is 0 Å². The van der Waals surface area contributed by atoms with Gasteiger partial charge in [-0.15, -0.1) is 0 Å². The minimum atomic E-state index is 0.395. The van der Waals surface area contributed by atoms with Gasteiger partial charge in [0.1, 0.15) is 11.6 Å². The van der Waals surface area contributed by atoms with E-state index in [2.05, 4.69) is 0 Å². The molecule has 0 aromatic heterocycles. The van der Waals surface area contributed by atoms with Crippen LogP contribution in [0.15, 0.2) is 0 Å². The normalized spacial score (nSPS) is 54.2. The summed E-state index contributed by atoms with van der Waals surface area (Å²) >= 11 is 0. The molecule has 0 heterocycles. The fourth-order valence-corrected chi connectivity index (χ4v) is 5.43. The second kappa shape index (κ2) is 2.96. The summed E-state index contributed by atoms with van der Waals surface area (Å²) in [4.78, 5) is 23.6. The van der Waals surface area contributed by atoms with Crippen LogP contribution in [-0.4, -0.2) is 11.6 Å². The zero-order chi connectivity index (χ0) is 10.9. The summed E-state index contributed by atoms with van der Waals surface area (Å²) in [6.07, 6.45) is 6.14. The number of ketones is 2. The Morgan fingerprint density at radius 2 is 1.12 bits per heavy atom. The summed E-state index contributed by atoms with van der Waals surface area (Å²) in [6.45, 7) is 0. The van der Waals surface area contributed by atoms with Gasteiger partial charge in [-0.25, -0.2) is 0 Å². The van der Waals surface area contributed by atoms with E-state index in [1.165, 1.54) is 0 Å². The third-order valence-corrected chi connectivity index (χ3v) is 6.01. The first-order valence-electron chi connectivity index (χ1n) is 6.81. The van der Waals surface area contributed by atoms with Crippen molar-refractivity contribution in [2.75, 3.05) is 0 Å². The van der Waals surface area contributed by atoms with E-state index in [9.17, 15) is 9.59 Å². The number of hydrogen-bond donors (Lipinski definition) is 0. The molecule has 0 saturated heterocycles. The summed E-state index contributed by atoms with van der Waals surface area (Å²) in [5.41, 5.74) is 0. The van der Waals surface area contributed by atoms with E-state index in [1.54, 1.807) is 0 Å². The van der Waals surface area contributed by atoms with Gasteiger partial charge in [0.15, 0.2) is 0 Å². The van der Waals surface area contributed by atoms with Gasteiger partial charge in [-0.05, 0) is 49.4 Å². The molecular weight excluding hydrogens is 200 g/mol. The Morgan fingerprint density at radius 1 is 0.688 bits per heavy atom. The van der Waals surface area contributed by atoms with Crippen LogP contribution in [0.5, 0.6) is 0 Å². The van der Waals surface area contributed by atoms with E-state index in [-0.39, 0.29) is 0 Å². The van der Waals surface area contributed by atoms with Crippen molar-refractivity contribution < 1.29 is 9.59 Å². The molecule has 4 fully saturated rings. The van der Waals surface area contributed by atoms with Gasteiger partial charge in [0.25, 0.3) is 0 Å². The molecule has 4 saturated carbocycles. The Bertz CT molecular complexity index is 337. The highest BCUT2D eigenvalue weighted by molar-refractivity contribution is 5.85. The highest BCUT2D eigenvalue weighted by Crippen LogP contribution is 2.61. The Hall–Kier alpha value is -0.660. The average Bonchev–Trinajstić information content (AvgIpc) is 2.92. The molecule has 6 atom stereocenters. The largest absolute Gasteiger partial charge is 0.299 e. The van der Waals surface area contributed by atoms with Gasteiger partial charge in [-0.2, -0.15) is 0 Å². The molecule has 4 unspecified atom stereocenters. The molecule has 16 heavy (non-hydrogen) atoms. The predicted molar refractivity (Wildman–Crippen MR) is 58.7 cm³/mol. The maximum Gasteiger partial charge on any atom is 0.136 e. The van der Waals surface area contributed by atoms with Gasteiger partial charge in [-0.1, -0.05) is 0 Å². The van der Waals surface area contributed by atoms with Crippen LogP contribution in [0.2, 0.25) is 0 Å². The monoisotopic (exact) mass is 218 g/mol. The quantitative estimate of drug-likeness (QED) is 0.624. The summed E-state index contributed by atoms with van der Waals surface area (Å²) in [6, 6.07) is 0. The van der Waals surface area contributed by atoms with Crippen molar-refractivity contribution in [2.45, 2.75) is 38.5 Å². The number of carbonyl (C=O) groups is 2. The minimum absolute atomic E-state index is 0.395. The first-order chi connectivity index (χ1) is 7.75. The first-order valence-corrected chi connectivity index (χ1v) is 6.81. The molecule has 4 aliphatic rings. The van der Waals surface area contributed by atoms with Gasteiger partial charge in [0.2, 0.25) is 0 Å². The second-order valence-corrected chi connectivity index (χ2v) is 6.35. The van der Waals surface area contributed by atoms with Crippen LogP contribution in [0, 0.1) is 35.5 Å². The van der Waals surface area contributed by atoms with Gasteiger partial charge in [0.05, 0.1) is 0 Å². The Morgan fingerprint density at radius 3 is 1.56 bits per heavy atom. The summed E-state index contributed by atoms with van der Waals surface area (Å²) in [7, 11) is 0. The first kappa shape index (κ1) is 9.38. The smallest absolute Gasteiger partial charge is 0.136 e. The number of rotatable bonds is 0. The van der Waals surface area contributed by atoms with Crippen LogP contribution >= 0.6 is 0 Å². The predicted octanol–water partition coefficient (Wildman–Crippen LogP) is 2.22. The Kier molecular flexibility index (Phi) is 1.74. The van der Waals surface area contributed by atoms with E-state index in [0.29, 0.717) is 35.2 Å². The Balaban J connectivity index is 1.64. The maximum absolute atomic E-state index is 11.8. The topological polar surface area (TPSA) is 34.1 Å². The molecule has 0 aliphatic heterocycles. The summed E-state index contributed by atoms with van der Waals surface area (Å²) < 4.78 is 0. The maximum atomic E-state index is 11.8. The molecule has 2 nitrogen and oxygen atoms in total. The number of hydrogen-bond acceptors (Lipinski definition) is 2. The van der Waals surface area contributed by atoms with Crippen molar-refractivity contribution in [1.82, 2.24) is 0 Å². The summed E-state index contributed by atoms with van der Waals surface area (Å²) in [5, 5.41) is 0. The molecule has 0 aromatic carbocycles. The van der Waals surface area contributed by atoms with Crippen molar-refractivity contribution in [2.24, 2.45) is 35.5 Å². The van der Waals surface area contributed by atoms with Gasteiger partial charge in [0, 0.05) is 24.7 Å². The van der Waals surface area contributed by atoms with Crippen LogP contribution in [0.3, 0.4) is 0 Å². The van der Waals surface area contributed by atoms with Crippen LogP contribution in [0.25, 0.3) is 0 Å². The van der Waals surface area contributed by atoms with Crippen LogP contribution in [0.1, 0.15) is 38.5 Å². The van der Waals surface area contributed by atoms with Crippen LogP contribution in [-0.2, 0) is 9.59 Å². The molecule has 0 radical (unpaired) electrons. The van der Waals surface area contributed by atoms with E-state index >= 15 is 0 Å². The van der Waals surface area contributed by atoms with Gasteiger partial charge < -0.3 is 0 Å². The van der Waals surface area contributed by atoms with Gasteiger partial charge in [-0.3, -0.25) is 9.59 Å². The summed E-state index contributed by atoms with van der Waals surface area (Å²) in [5.74, 6) is 4.64. The zero-order valence-electron chi connectivity index (χ0n) is 9.52. The van der Waals surface area contributed by atoms with Crippen molar-refractivity contribution >= 4 is 11.6 Å². The Labute approximate surface area is 95.8 Å². The van der Waals surface area contributed by atoms with E-state index < -0.39 is 0 Å². The fraction of sp³-hybridized carbons (Fsp3) is 0.857.